The molecule has 2 heterocycles. The van der Waals surface area contributed by atoms with Gasteiger partial charge < -0.3 is 30.7 Å². The van der Waals surface area contributed by atoms with Gasteiger partial charge in [-0.3, -0.25) is 14.4 Å². The van der Waals surface area contributed by atoms with Gasteiger partial charge in [-0.2, -0.15) is 5.26 Å². The lowest BCUT2D eigenvalue weighted by Gasteiger charge is -2.32. The highest BCUT2D eigenvalue weighted by Crippen LogP contribution is 2.37. The van der Waals surface area contributed by atoms with Crippen LogP contribution in [0.1, 0.15) is 27.2 Å². The first-order chi connectivity index (χ1) is 18.2. The van der Waals surface area contributed by atoms with Gasteiger partial charge in [0.25, 0.3) is 5.91 Å². The van der Waals surface area contributed by atoms with Gasteiger partial charge >= 0.3 is 0 Å². The van der Waals surface area contributed by atoms with Crippen LogP contribution in [-0.4, -0.2) is 97.1 Å². The summed E-state index contributed by atoms with van der Waals surface area (Å²) < 4.78 is 0. The Morgan fingerprint density at radius 2 is 1.79 bits per heavy atom. The second kappa shape index (κ2) is 14.2. The number of anilines is 2. The third kappa shape index (κ3) is 8.21. The van der Waals surface area contributed by atoms with Gasteiger partial charge in [0, 0.05) is 70.2 Å². The zero-order valence-corrected chi connectivity index (χ0v) is 23.6. The molecule has 0 saturated carbocycles. The van der Waals surface area contributed by atoms with E-state index < -0.39 is 11.2 Å². The summed E-state index contributed by atoms with van der Waals surface area (Å²) in [7, 11) is 2.11. The normalized spacial score (nSPS) is 19.8. The molecule has 1 aromatic rings. The number of amides is 3. The Morgan fingerprint density at radius 1 is 1.13 bits per heavy atom. The third-order valence-corrected chi connectivity index (χ3v) is 7.79. The van der Waals surface area contributed by atoms with Crippen molar-refractivity contribution in [3.05, 3.63) is 34.9 Å². The minimum Gasteiger partial charge on any atom is -0.383 e. The minimum absolute atomic E-state index is 0.0118. The van der Waals surface area contributed by atoms with E-state index in [2.05, 4.69) is 32.8 Å². The molecule has 0 spiro atoms. The Kier molecular flexibility index (Phi) is 11.0. The molecular weight excluding hydrogens is 502 g/mol. The van der Waals surface area contributed by atoms with Crippen molar-refractivity contribution in [1.82, 2.24) is 20.0 Å². The van der Waals surface area contributed by atoms with E-state index in [1.807, 2.05) is 51.1 Å². The van der Waals surface area contributed by atoms with Crippen molar-refractivity contribution in [1.29, 1.82) is 5.26 Å². The van der Waals surface area contributed by atoms with Gasteiger partial charge in [0.15, 0.2) is 0 Å². The molecule has 0 radical (unpaired) electrons. The summed E-state index contributed by atoms with van der Waals surface area (Å²) in [5, 5.41) is 18.6. The van der Waals surface area contributed by atoms with Gasteiger partial charge in [-0.05, 0) is 44.2 Å². The van der Waals surface area contributed by atoms with Crippen molar-refractivity contribution < 1.29 is 14.4 Å². The van der Waals surface area contributed by atoms with Crippen LogP contribution in [0.5, 0.6) is 0 Å². The van der Waals surface area contributed by atoms with E-state index in [1.165, 1.54) is 16.7 Å². The van der Waals surface area contributed by atoms with Gasteiger partial charge in [0.1, 0.15) is 21.9 Å². The highest BCUT2D eigenvalue weighted by Gasteiger charge is 2.38. The highest BCUT2D eigenvalue weighted by atomic mass is 32.2. The molecule has 0 aliphatic carbocycles. The maximum Gasteiger partial charge on any atom is 0.264 e. The Bertz CT molecular complexity index is 1060. The fraction of sp³-hybridized carbons (Fsp3) is 0.556. The first kappa shape index (κ1) is 29.5. The Balaban J connectivity index is 1.52. The second-order valence-corrected chi connectivity index (χ2v) is 11.2. The topological polar surface area (TPSA) is 121 Å². The summed E-state index contributed by atoms with van der Waals surface area (Å²) in [6.45, 7) is 11.7. The lowest BCUT2D eigenvalue weighted by Crippen LogP contribution is -2.45. The molecule has 1 unspecified atom stereocenters. The summed E-state index contributed by atoms with van der Waals surface area (Å²) in [5.41, 5.74) is 1.50. The van der Waals surface area contributed by atoms with Crippen LogP contribution < -0.4 is 16.0 Å². The van der Waals surface area contributed by atoms with Crippen LogP contribution in [0.2, 0.25) is 0 Å². The lowest BCUT2D eigenvalue weighted by atomic mass is 10.2. The molecule has 3 rings (SSSR count). The number of piperazine rings is 1. The summed E-state index contributed by atoms with van der Waals surface area (Å²) >= 11 is 1.24. The number of nitriles is 1. The number of benzene rings is 1. The third-order valence-electron chi connectivity index (χ3n) is 6.49. The van der Waals surface area contributed by atoms with E-state index in [1.54, 1.807) is 0 Å². The maximum absolute atomic E-state index is 13.0. The molecule has 2 aliphatic rings. The molecule has 2 fully saturated rings. The molecule has 1 atom stereocenters. The summed E-state index contributed by atoms with van der Waals surface area (Å²) in [4.78, 5) is 44.0. The van der Waals surface area contributed by atoms with Gasteiger partial charge in [-0.15, -0.1) is 0 Å². The molecule has 2 aliphatic heterocycles. The number of thioether (sulfide) groups is 1. The van der Waals surface area contributed by atoms with E-state index >= 15 is 0 Å². The summed E-state index contributed by atoms with van der Waals surface area (Å²) in [6, 6.07) is 9.36. The molecule has 10 nitrogen and oxygen atoms in total. The maximum atomic E-state index is 13.0. The number of nitrogens with zero attached hydrogens (tertiary/aromatic N) is 4. The SMILES string of the molecule is CCN1C(=O)C(CNc2ccc(NC(=O)CCN3CCN(C)CC3)cc2)S/C1=C(/C#N)C(=O)NCC(C)C. The van der Waals surface area contributed by atoms with E-state index in [-0.39, 0.29) is 23.3 Å². The van der Waals surface area contributed by atoms with Gasteiger partial charge in [0.05, 0.1) is 0 Å². The number of nitrogens with one attached hydrogen (secondary N) is 3. The van der Waals surface area contributed by atoms with E-state index in [0.717, 1.165) is 44.1 Å². The van der Waals surface area contributed by atoms with Crippen LogP contribution >= 0.6 is 11.8 Å². The van der Waals surface area contributed by atoms with Gasteiger partial charge in [-0.1, -0.05) is 25.6 Å². The fourth-order valence-corrected chi connectivity index (χ4v) is 5.43. The largest absolute Gasteiger partial charge is 0.383 e. The van der Waals surface area contributed by atoms with Crippen LogP contribution in [0.25, 0.3) is 0 Å². The van der Waals surface area contributed by atoms with Crippen LogP contribution in [-0.2, 0) is 14.4 Å². The van der Waals surface area contributed by atoms with Crippen LogP contribution in [0.3, 0.4) is 0 Å². The molecule has 2 saturated heterocycles. The van der Waals surface area contributed by atoms with Crippen molar-refractivity contribution in [2.24, 2.45) is 5.92 Å². The zero-order chi connectivity index (χ0) is 27.7. The van der Waals surface area contributed by atoms with Crippen molar-refractivity contribution in [3.63, 3.8) is 0 Å². The highest BCUT2D eigenvalue weighted by molar-refractivity contribution is 8.04. The Labute approximate surface area is 229 Å². The van der Waals surface area contributed by atoms with Crippen LogP contribution in [0.4, 0.5) is 11.4 Å². The Hall–Kier alpha value is -3.07. The van der Waals surface area contributed by atoms with E-state index in [9.17, 15) is 19.6 Å². The first-order valence-corrected chi connectivity index (χ1v) is 14.0. The van der Waals surface area contributed by atoms with Crippen molar-refractivity contribution in [3.8, 4) is 6.07 Å². The summed E-state index contributed by atoms with van der Waals surface area (Å²) in [6.07, 6.45) is 0.453. The molecule has 11 heteroatoms. The molecule has 3 amide bonds. The zero-order valence-electron chi connectivity index (χ0n) is 22.7. The van der Waals surface area contributed by atoms with Gasteiger partial charge in [-0.25, -0.2) is 0 Å². The first-order valence-electron chi connectivity index (χ1n) is 13.2. The number of likely N-dealkylation sites (N-methyl/N-ethyl adjacent to an activating group) is 1. The molecule has 0 bridgehead atoms. The van der Waals surface area contributed by atoms with Crippen molar-refractivity contribution in [2.75, 3.05) is 70.0 Å². The number of hydrogen-bond acceptors (Lipinski definition) is 8. The number of hydrogen-bond donors (Lipinski definition) is 3. The quantitative estimate of drug-likeness (QED) is 0.288. The monoisotopic (exact) mass is 541 g/mol. The fourth-order valence-electron chi connectivity index (χ4n) is 4.16. The van der Waals surface area contributed by atoms with E-state index in [0.29, 0.717) is 31.1 Å². The predicted molar refractivity (Wildman–Crippen MR) is 151 cm³/mol. The van der Waals surface area contributed by atoms with Crippen LogP contribution in [0, 0.1) is 17.2 Å². The molecule has 3 N–H and O–H groups in total. The van der Waals surface area contributed by atoms with Crippen LogP contribution in [0.15, 0.2) is 34.9 Å². The molecule has 38 heavy (non-hydrogen) atoms. The minimum atomic E-state index is -0.458. The second-order valence-electron chi connectivity index (χ2n) is 9.99. The van der Waals surface area contributed by atoms with Crippen molar-refractivity contribution >= 4 is 40.9 Å². The number of carbonyl (C=O) groups excluding carboxylic acids is 3. The molecular formula is C27H39N7O3S. The number of carbonyl (C=O) groups is 3. The van der Waals surface area contributed by atoms with Gasteiger partial charge in [0.2, 0.25) is 11.8 Å². The molecule has 0 aromatic heterocycles. The lowest BCUT2D eigenvalue weighted by molar-refractivity contribution is -0.127. The molecule has 1 aromatic carbocycles. The molecule has 206 valence electrons. The van der Waals surface area contributed by atoms with E-state index in [4.69, 9.17) is 0 Å². The predicted octanol–water partition coefficient (Wildman–Crippen LogP) is 2.15. The standard InChI is InChI=1S/C27H39N7O3S/c1-5-34-26(37)23(38-27(34)22(16-28)25(36)30-17-19(2)3)18-29-20-6-8-21(9-7-20)31-24(35)10-11-33-14-12-32(4)13-15-33/h6-9,19,23,29H,5,10-15,17-18H2,1-4H3,(H,30,36)(H,31,35)/b27-22-. The van der Waals surface area contributed by atoms with Crippen molar-refractivity contribution in [2.45, 2.75) is 32.4 Å². The number of rotatable bonds is 11. The summed E-state index contributed by atoms with van der Waals surface area (Å²) in [5.74, 6) is -0.344. The Morgan fingerprint density at radius 3 is 2.39 bits per heavy atom. The average molecular weight is 542 g/mol. The smallest absolute Gasteiger partial charge is 0.264 e. The average Bonchev–Trinajstić information content (AvgIpc) is 3.21.